The van der Waals surface area contributed by atoms with E-state index in [0.29, 0.717) is 0 Å². The number of aliphatic hydroxyl groups excluding tert-OH is 1. The minimum atomic E-state index is -0.662. The molecule has 2 aromatic rings. The van der Waals surface area contributed by atoms with E-state index in [0.717, 1.165) is 16.7 Å². The molecule has 0 bridgehead atoms. The van der Waals surface area contributed by atoms with E-state index in [1.165, 1.54) is 10.6 Å². The summed E-state index contributed by atoms with van der Waals surface area (Å²) in [6, 6.07) is 11.0. The summed E-state index contributed by atoms with van der Waals surface area (Å²) < 4.78 is 1.52. The summed E-state index contributed by atoms with van der Waals surface area (Å²) in [7, 11) is 0. The molecule has 0 fully saturated rings. The van der Waals surface area contributed by atoms with E-state index in [9.17, 15) is 9.90 Å². The van der Waals surface area contributed by atoms with Gasteiger partial charge < -0.3 is 9.67 Å². The Kier molecular flexibility index (Phi) is 3.63. The molecule has 3 nitrogen and oxygen atoms in total. The molecule has 0 aliphatic carbocycles. The molecular weight excluding hydrogens is 226 g/mol. The Morgan fingerprint density at radius 1 is 1.22 bits per heavy atom. The standard InChI is InChI=1S/C15H17NO2/c1-11-6-7-12(2)13(9-11)14(17)10-16-8-4-3-5-15(16)18/h3-9,14,17H,10H2,1-2H3. The van der Waals surface area contributed by atoms with Crippen LogP contribution in [0.25, 0.3) is 0 Å². The number of pyridine rings is 1. The molecule has 1 aromatic heterocycles. The second-order valence-corrected chi connectivity index (χ2v) is 4.57. The van der Waals surface area contributed by atoms with E-state index in [1.54, 1.807) is 18.3 Å². The van der Waals surface area contributed by atoms with Gasteiger partial charge in [0.05, 0.1) is 12.6 Å². The summed E-state index contributed by atoms with van der Waals surface area (Å²) in [5.74, 6) is 0. The van der Waals surface area contributed by atoms with Crippen molar-refractivity contribution < 1.29 is 5.11 Å². The topological polar surface area (TPSA) is 42.2 Å². The molecule has 1 atom stereocenters. The van der Waals surface area contributed by atoms with Gasteiger partial charge in [-0.25, -0.2) is 0 Å². The number of hydrogen-bond donors (Lipinski definition) is 1. The summed E-state index contributed by atoms with van der Waals surface area (Å²) >= 11 is 0. The van der Waals surface area contributed by atoms with Crippen LogP contribution in [0, 0.1) is 13.8 Å². The Bertz CT molecular complexity index is 601. The molecule has 0 aliphatic heterocycles. The summed E-state index contributed by atoms with van der Waals surface area (Å²) in [6.07, 6.45) is 1.03. The quantitative estimate of drug-likeness (QED) is 0.898. The lowest BCUT2D eigenvalue weighted by Crippen LogP contribution is -2.21. The molecule has 1 N–H and O–H groups in total. The first-order valence-corrected chi connectivity index (χ1v) is 5.98. The van der Waals surface area contributed by atoms with Crippen LogP contribution in [0.1, 0.15) is 22.8 Å². The van der Waals surface area contributed by atoms with Gasteiger partial charge in [-0.3, -0.25) is 4.79 Å². The number of aromatic nitrogens is 1. The predicted molar refractivity (Wildman–Crippen MR) is 71.6 cm³/mol. The fraction of sp³-hybridized carbons (Fsp3) is 0.267. The van der Waals surface area contributed by atoms with E-state index < -0.39 is 6.10 Å². The van der Waals surface area contributed by atoms with Crippen molar-refractivity contribution in [2.75, 3.05) is 0 Å². The number of aryl methyl sites for hydroxylation is 2. The smallest absolute Gasteiger partial charge is 0.250 e. The second kappa shape index (κ2) is 5.19. The average Bonchev–Trinajstić information content (AvgIpc) is 2.35. The highest BCUT2D eigenvalue weighted by Crippen LogP contribution is 2.20. The normalized spacial score (nSPS) is 12.4. The molecule has 1 aromatic carbocycles. The minimum absolute atomic E-state index is 0.0955. The molecule has 1 unspecified atom stereocenters. The van der Waals surface area contributed by atoms with Gasteiger partial charge in [0, 0.05) is 12.3 Å². The monoisotopic (exact) mass is 243 g/mol. The minimum Gasteiger partial charge on any atom is -0.387 e. The van der Waals surface area contributed by atoms with E-state index >= 15 is 0 Å². The molecule has 0 saturated carbocycles. The van der Waals surface area contributed by atoms with E-state index in [4.69, 9.17) is 0 Å². The first-order valence-electron chi connectivity index (χ1n) is 5.98. The van der Waals surface area contributed by atoms with Crippen molar-refractivity contribution in [1.29, 1.82) is 0 Å². The maximum Gasteiger partial charge on any atom is 0.250 e. The molecule has 0 aliphatic rings. The SMILES string of the molecule is Cc1ccc(C)c(C(O)Cn2ccccc2=O)c1. The van der Waals surface area contributed by atoms with Gasteiger partial charge in [-0.05, 0) is 31.0 Å². The third-order valence-corrected chi connectivity index (χ3v) is 3.06. The lowest BCUT2D eigenvalue weighted by molar-refractivity contribution is 0.154. The number of aliphatic hydroxyl groups is 1. The molecule has 0 radical (unpaired) electrons. The Morgan fingerprint density at radius 3 is 2.72 bits per heavy atom. The van der Waals surface area contributed by atoms with Crippen LogP contribution in [0.15, 0.2) is 47.4 Å². The van der Waals surface area contributed by atoms with Gasteiger partial charge in [-0.15, -0.1) is 0 Å². The molecule has 0 amide bonds. The highest BCUT2D eigenvalue weighted by molar-refractivity contribution is 5.32. The average molecular weight is 243 g/mol. The van der Waals surface area contributed by atoms with Crippen molar-refractivity contribution in [3.8, 4) is 0 Å². The molecule has 1 heterocycles. The third kappa shape index (κ3) is 2.68. The predicted octanol–water partition coefficient (Wildman–Crippen LogP) is 2.20. The largest absolute Gasteiger partial charge is 0.387 e. The second-order valence-electron chi connectivity index (χ2n) is 4.57. The Balaban J connectivity index is 2.27. The maximum absolute atomic E-state index is 11.6. The van der Waals surface area contributed by atoms with Crippen LogP contribution >= 0.6 is 0 Å². The number of benzene rings is 1. The van der Waals surface area contributed by atoms with Crippen molar-refractivity contribution in [1.82, 2.24) is 4.57 Å². The van der Waals surface area contributed by atoms with Crippen LogP contribution < -0.4 is 5.56 Å². The van der Waals surface area contributed by atoms with Crippen LogP contribution in [0.4, 0.5) is 0 Å². The molecule has 18 heavy (non-hydrogen) atoms. The lowest BCUT2D eigenvalue weighted by Gasteiger charge is -2.15. The molecule has 0 spiro atoms. The third-order valence-electron chi connectivity index (χ3n) is 3.06. The van der Waals surface area contributed by atoms with Gasteiger partial charge in [0.15, 0.2) is 0 Å². The van der Waals surface area contributed by atoms with Crippen LogP contribution in [0.5, 0.6) is 0 Å². The van der Waals surface area contributed by atoms with Gasteiger partial charge in [-0.1, -0.05) is 29.8 Å². The van der Waals surface area contributed by atoms with Gasteiger partial charge in [0.25, 0.3) is 5.56 Å². The zero-order valence-corrected chi connectivity index (χ0v) is 10.6. The van der Waals surface area contributed by atoms with Crippen LogP contribution in [0.3, 0.4) is 0 Å². The van der Waals surface area contributed by atoms with Crippen LogP contribution in [-0.4, -0.2) is 9.67 Å². The van der Waals surface area contributed by atoms with Crippen LogP contribution in [0.2, 0.25) is 0 Å². The summed E-state index contributed by atoms with van der Waals surface area (Å²) in [6.45, 7) is 4.24. The first kappa shape index (κ1) is 12.6. The van der Waals surface area contributed by atoms with E-state index in [1.807, 2.05) is 32.0 Å². The molecule has 3 heteroatoms. The number of rotatable bonds is 3. The van der Waals surface area contributed by atoms with Crippen molar-refractivity contribution >= 4 is 0 Å². The first-order chi connectivity index (χ1) is 8.58. The van der Waals surface area contributed by atoms with Crippen molar-refractivity contribution in [2.45, 2.75) is 26.5 Å². The number of hydrogen-bond acceptors (Lipinski definition) is 2. The molecule has 0 saturated heterocycles. The fourth-order valence-electron chi connectivity index (χ4n) is 2.02. The Labute approximate surface area is 106 Å². The highest BCUT2D eigenvalue weighted by atomic mass is 16.3. The zero-order chi connectivity index (χ0) is 13.1. The van der Waals surface area contributed by atoms with Crippen molar-refractivity contribution in [3.05, 3.63) is 69.6 Å². The van der Waals surface area contributed by atoms with Gasteiger partial charge in [0.2, 0.25) is 0 Å². The van der Waals surface area contributed by atoms with Gasteiger partial charge >= 0.3 is 0 Å². The van der Waals surface area contributed by atoms with E-state index in [2.05, 4.69) is 0 Å². The summed E-state index contributed by atoms with van der Waals surface area (Å²) in [5.41, 5.74) is 2.93. The Morgan fingerprint density at radius 2 is 2.00 bits per heavy atom. The molecular formula is C15H17NO2. The lowest BCUT2D eigenvalue weighted by atomic mass is 10.0. The maximum atomic E-state index is 11.6. The molecule has 94 valence electrons. The summed E-state index contributed by atoms with van der Waals surface area (Å²) in [4.78, 5) is 11.6. The van der Waals surface area contributed by atoms with Gasteiger partial charge in [0.1, 0.15) is 0 Å². The van der Waals surface area contributed by atoms with Crippen LogP contribution in [-0.2, 0) is 6.54 Å². The van der Waals surface area contributed by atoms with Crippen molar-refractivity contribution in [3.63, 3.8) is 0 Å². The highest BCUT2D eigenvalue weighted by Gasteiger charge is 2.11. The fourth-order valence-corrected chi connectivity index (χ4v) is 2.02. The molecule has 2 rings (SSSR count). The van der Waals surface area contributed by atoms with Crippen molar-refractivity contribution in [2.24, 2.45) is 0 Å². The zero-order valence-electron chi connectivity index (χ0n) is 10.6. The van der Waals surface area contributed by atoms with Gasteiger partial charge in [-0.2, -0.15) is 0 Å². The Hall–Kier alpha value is -1.87. The van der Waals surface area contributed by atoms with E-state index in [-0.39, 0.29) is 12.1 Å². The number of nitrogens with zero attached hydrogens (tertiary/aromatic N) is 1. The summed E-state index contributed by atoms with van der Waals surface area (Å²) in [5, 5.41) is 10.2.